The lowest BCUT2D eigenvalue weighted by Gasteiger charge is -2.34. The highest BCUT2D eigenvalue weighted by Gasteiger charge is 2.31. The van der Waals surface area contributed by atoms with Crippen LogP contribution in [0.1, 0.15) is 106 Å². The minimum Gasteiger partial charge on any atom is -0.512 e. The normalized spacial score (nSPS) is 21.3. The molecule has 1 N–H and O–H groups in total. The molecule has 1 aliphatic heterocycles. The molecule has 0 amide bonds. The number of aliphatic hydroxyl groups excluding tert-OH is 1. The highest BCUT2D eigenvalue weighted by Crippen LogP contribution is 2.35. The van der Waals surface area contributed by atoms with Gasteiger partial charge in [-0.1, -0.05) is 30.2 Å². The van der Waals surface area contributed by atoms with Gasteiger partial charge in [0, 0.05) is 37.7 Å². The van der Waals surface area contributed by atoms with E-state index in [2.05, 4.69) is 46.8 Å². The molecule has 36 heavy (non-hydrogen) atoms. The maximum atomic E-state index is 11.7. The van der Waals surface area contributed by atoms with Gasteiger partial charge in [-0.2, -0.15) is 0 Å². The number of hydrogen-bond acceptors (Lipinski definition) is 5. The zero-order valence-corrected chi connectivity index (χ0v) is 23.2. The van der Waals surface area contributed by atoms with E-state index in [0.717, 1.165) is 62.6 Å². The van der Waals surface area contributed by atoms with Gasteiger partial charge in [-0.05, 0) is 85.3 Å². The number of carbonyl (C=O) groups is 3. The van der Waals surface area contributed by atoms with E-state index in [4.69, 9.17) is 9.84 Å². The van der Waals surface area contributed by atoms with Crippen molar-refractivity contribution in [3.63, 3.8) is 0 Å². The van der Waals surface area contributed by atoms with Gasteiger partial charge in [0.25, 0.3) is 0 Å². The number of carbonyl (C=O) groups excluding carboxylic acids is 3. The van der Waals surface area contributed by atoms with Crippen LogP contribution in [0.5, 0.6) is 0 Å². The Bertz CT molecular complexity index is 907. The first-order valence-electron chi connectivity index (χ1n) is 13.2. The third kappa shape index (κ3) is 12.9. The van der Waals surface area contributed by atoms with E-state index < -0.39 is 0 Å². The Morgan fingerprint density at radius 2 is 1.67 bits per heavy atom. The van der Waals surface area contributed by atoms with Crippen LogP contribution in [-0.2, 0) is 19.1 Å². The average Bonchev–Trinajstić information content (AvgIpc) is 2.79. The van der Waals surface area contributed by atoms with Crippen LogP contribution in [0.4, 0.5) is 0 Å². The van der Waals surface area contributed by atoms with Gasteiger partial charge in [-0.25, -0.2) is 0 Å². The summed E-state index contributed by atoms with van der Waals surface area (Å²) in [5.41, 5.74) is 3.23. The highest BCUT2D eigenvalue weighted by molar-refractivity contribution is 5.99. The molecule has 0 bridgehead atoms. The smallest absolute Gasteiger partial charge is 0.166 e. The van der Waals surface area contributed by atoms with Crippen molar-refractivity contribution in [2.75, 3.05) is 0 Å². The largest absolute Gasteiger partial charge is 0.512 e. The van der Waals surface area contributed by atoms with Gasteiger partial charge < -0.3 is 14.6 Å². The molecule has 0 saturated carbocycles. The number of rotatable bonds is 7. The summed E-state index contributed by atoms with van der Waals surface area (Å²) >= 11 is 0. The molecule has 5 heteroatoms. The molecule has 3 rings (SSSR count). The highest BCUT2D eigenvalue weighted by atomic mass is 16.5. The predicted octanol–water partition coefficient (Wildman–Crippen LogP) is 7.83. The van der Waals surface area contributed by atoms with Gasteiger partial charge in [0.1, 0.15) is 17.6 Å². The van der Waals surface area contributed by atoms with Gasteiger partial charge in [0.15, 0.2) is 11.6 Å². The molecule has 200 valence electrons. The number of hydrogen-bond donors (Lipinski definition) is 1. The zero-order valence-electron chi connectivity index (χ0n) is 23.2. The van der Waals surface area contributed by atoms with Gasteiger partial charge in [0.05, 0.1) is 11.3 Å². The van der Waals surface area contributed by atoms with Crippen LogP contribution >= 0.6 is 0 Å². The summed E-state index contributed by atoms with van der Waals surface area (Å²) in [7, 11) is 0. The molecule has 5 nitrogen and oxygen atoms in total. The first-order valence-corrected chi connectivity index (χ1v) is 13.2. The van der Waals surface area contributed by atoms with Crippen LogP contribution in [0, 0.1) is 5.92 Å². The number of aliphatic hydroxyl groups is 1. The van der Waals surface area contributed by atoms with Gasteiger partial charge >= 0.3 is 0 Å². The first kappa shape index (κ1) is 31.3. The molecule has 2 aliphatic carbocycles. The fourth-order valence-corrected chi connectivity index (χ4v) is 3.96. The first-order chi connectivity index (χ1) is 17.0. The topological polar surface area (TPSA) is 80.7 Å². The van der Waals surface area contributed by atoms with Crippen LogP contribution in [0.2, 0.25) is 0 Å². The molecular formula is C31H46O5. The fraction of sp³-hybridized carbons (Fsp3) is 0.581. The predicted molar refractivity (Wildman–Crippen MR) is 147 cm³/mol. The standard InChI is InChI=1S/C16H22O2.C9H16O.C6H8O2/c1-12(2)6-5-10-16(3)11-9-13-14(17)7-4-8-15(13)18-16;1-8(2)5-4-6-9(3)7-10;7-5-2-1-3-6(8)4-5/h6,9,11H,4-5,7-8,10H2,1-3H3;5,7,9H,4,6H2,1-3H3;4,7H,1-3H2. The Morgan fingerprint density at radius 1 is 1.03 bits per heavy atom. The maximum absolute atomic E-state index is 11.7. The molecule has 2 atom stereocenters. The number of allylic oxidation sites excluding steroid dienone is 9. The van der Waals surface area contributed by atoms with Crippen molar-refractivity contribution < 1.29 is 24.2 Å². The van der Waals surface area contributed by atoms with Crippen molar-refractivity contribution in [1.82, 2.24) is 0 Å². The minimum absolute atomic E-state index is 0.0498. The van der Waals surface area contributed by atoms with E-state index >= 15 is 0 Å². The maximum Gasteiger partial charge on any atom is 0.166 e. The summed E-state index contributed by atoms with van der Waals surface area (Å²) in [6.45, 7) is 12.4. The van der Waals surface area contributed by atoms with Gasteiger partial charge in [-0.15, -0.1) is 0 Å². The summed E-state index contributed by atoms with van der Waals surface area (Å²) in [5, 5.41) is 8.72. The number of Topliss-reactive ketones (excluding diaryl/α,β-unsaturated/α-hetero) is 1. The van der Waals surface area contributed by atoms with Crippen LogP contribution in [0.15, 0.2) is 58.6 Å². The van der Waals surface area contributed by atoms with Crippen molar-refractivity contribution in [3.05, 3.63) is 58.6 Å². The SMILES string of the molecule is CC(C)=CCCC(C)C=O.CC(C)=CCCC1(C)C=CC2=C(CCCC2=O)O1.O=C1C=C(O)CCC1. The molecule has 0 fully saturated rings. The van der Waals surface area contributed by atoms with E-state index in [0.29, 0.717) is 19.3 Å². The quantitative estimate of drug-likeness (QED) is 0.286. The zero-order chi connectivity index (χ0) is 27.1. The van der Waals surface area contributed by atoms with Crippen molar-refractivity contribution in [2.24, 2.45) is 5.92 Å². The molecule has 0 aromatic heterocycles. The summed E-state index contributed by atoms with van der Waals surface area (Å²) < 4.78 is 6.07. The summed E-state index contributed by atoms with van der Waals surface area (Å²) in [6, 6.07) is 0. The molecule has 3 aliphatic rings. The second kappa shape index (κ2) is 16.1. The molecule has 0 aromatic rings. The number of aldehydes is 1. The van der Waals surface area contributed by atoms with Crippen LogP contribution in [0.3, 0.4) is 0 Å². The van der Waals surface area contributed by atoms with Crippen LogP contribution in [0.25, 0.3) is 0 Å². The Hall–Kier alpha value is -2.69. The monoisotopic (exact) mass is 498 g/mol. The Kier molecular flexibility index (Phi) is 14.0. The van der Waals surface area contributed by atoms with Crippen molar-refractivity contribution in [1.29, 1.82) is 0 Å². The molecule has 0 saturated heterocycles. The van der Waals surface area contributed by atoms with E-state index in [1.54, 1.807) is 0 Å². The van der Waals surface area contributed by atoms with Crippen molar-refractivity contribution in [3.8, 4) is 0 Å². The van der Waals surface area contributed by atoms with E-state index in [1.807, 2.05) is 19.1 Å². The molecule has 2 unspecified atom stereocenters. The molecular weight excluding hydrogens is 452 g/mol. The van der Waals surface area contributed by atoms with E-state index in [1.165, 1.54) is 17.2 Å². The molecule has 1 heterocycles. The lowest BCUT2D eigenvalue weighted by atomic mass is 9.89. The van der Waals surface area contributed by atoms with Gasteiger partial charge in [0.2, 0.25) is 0 Å². The molecule has 0 spiro atoms. The summed E-state index contributed by atoms with van der Waals surface area (Å²) in [5.74, 6) is 1.65. The van der Waals surface area contributed by atoms with Crippen molar-refractivity contribution in [2.45, 2.75) is 111 Å². The average molecular weight is 499 g/mol. The minimum atomic E-state index is -0.248. The third-order valence-corrected chi connectivity index (χ3v) is 6.15. The summed E-state index contributed by atoms with van der Waals surface area (Å²) in [4.78, 5) is 32.3. The Labute approximate surface area is 218 Å². The van der Waals surface area contributed by atoms with E-state index in [-0.39, 0.29) is 28.8 Å². The summed E-state index contributed by atoms with van der Waals surface area (Å²) in [6.07, 6.45) is 19.3. The van der Waals surface area contributed by atoms with Crippen LogP contribution in [-0.4, -0.2) is 28.6 Å². The number of ketones is 2. The Morgan fingerprint density at radius 3 is 2.22 bits per heavy atom. The van der Waals surface area contributed by atoms with Crippen molar-refractivity contribution >= 4 is 17.9 Å². The number of ether oxygens (including phenoxy) is 1. The van der Waals surface area contributed by atoms with E-state index in [9.17, 15) is 14.4 Å². The fourth-order valence-electron chi connectivity index (χ4n) is 3.96. The molecule has 0 aromatic carbocycles. The molecule has 0 radical (unpaired) electrons. The third-order valence-electron chi connectivity index (χ3n) is 6.15. The van der Waals surface area contributed by atoms with Gasteiger partial charge in [-0.3, -0.25) is 9.59 Å². The van der Waals surface area contributed by atoms with Crippen LogP contribution < -0.4 is 0 Å². The second-order valence-electron chi connectivity index (χ2n) is 10.6. The second-order valence-corrected chi connectivity index (χ2v) is 10.6. The lowest BCUT2D eigenvalue weighted by molar-refractivity contribution is -0.117. The lowest BCUT2D eigenvalue weighted by Crippen LogP contribution is -2.31. The Balaban J connectivity index is 0.000000304.